The van der Waals surface area contributed by atoms with E-state index in [1.165, 1.54) is 38.4 Å². The van der Waals surface area contributed by atoms with E-state index in [-0.39, 0.29) is 17.9 Å². The summed E-state index contributed by atoms with van der Waals surface area (Å²) in [4.78, 5) is 25.1. The number of hydrogen-bond donors (Lipinski definition) is 3. The van der Waals surface area contributed by atoms with Gasteiger partial charge in [0.25, 0.3) is 16.0 Å². The van der Waals surface area contributed by atoms with Gasteiger partial charge in [-0.05, 0) is 86.2 Å². The van der Waals surface area contributed by atoms with Crippen molar-refractivity contribution >= 4 is 32.7 Å². The van der Waals surface area contributed by atoms with Gasteiger partial charge in [0.15, 0.2) is 0 Å². The van der Waals surface area contributed by atoms with Gasteiger partial charge in [0.1, 0.15) is 23.6 Å². The minimum Gasteiger partial charge on any atom is -0.386 e. The van der Waals surface area contributed by atoms with Crippen LogP contribution in [0.25, 0.3) is 33.5 Å². The Kier molecular flexibility index (Phi) is 8.83. The van der Waals surface area contributed by atoms with Crippen LogP contribution >= 0.6 is 0 Å². The Bertz CT molecular complexity index is 2000. The number of fused-ring (bicyclic) bond motifs is 1. The highest BCUT2D eigenvalue weighted by molar-refractivity contribution is 7.85. The average Bonchev–Trinajstić information content (AvgIpc) is 3.41. The Morgan fingerprint density at radius 3 is 2.44 bits per heavy atom. The number of aromatic amines is 1. The summed E-state index contributed by atoms with van der Waals surface area (Å²) in [6.45, 7) is 4.84. The molecule has 5 aromatic rings. The zero-order valence-corrected chi connectivity index (χ0v) is 25.9. The molecule has 0 fully saturated rings. The molecule has 12 heteroatoms. The molecule has 0 bridgehead atoms. The highest BCUT2D eigenvalue weighted by Gasteiger charge is 2.22. The molecule has 0 radical (unpaired) electrons. The van der Waals surface area contributed by atoms with E-state index in [1.807, 2.05) is 30.3 Å². The Morgan fingerprint density at radius 1 is 1.04 bits per heavy atom. The standard InChI is InChI=1S/C33H32F2N4O5S/c1-19-25(15-23(34)16-28(19)39-32(40)24-12-11-22(14-27(24)35)33(2,3)41)30-26-17-29(38-31(26)37-18-36-30)21-9-7-20(8-10-21)6-5-13-44-45(4,42)43/h7-12,14-18,41H,5-6,13H2,1-4H3,(H,39,40)(H,36,37,38). The number of rotatable bonds is 10. The number of nitrogens with one attached hydrogen (secondary N) is 2. The molecule has 0 aliphatic heterocycles. The van der Waals surface area contributed by atoms with E-state index in [0.29, 0.717) is 46.3 Å². The van der Waals surface area contributed by atoms with Gasteiger partial charge < -0.3 is 15.4 Å². The smallest absolute Gasteiger partial charge is 0.264 e. The van der Waals surface area contributed by atoms with Crippen molar-refractivity contribution in [3.8, 4) is 22.5 Å². The third kappa shape index (κ3) is 7.42. The molecule has 2 heterocycles. The van der Waals surface area contributed by atoms with Crippen molar-refractivity contribution in [3.05, 3.63) is 101 Å². The van der Waals surface area contributed by atoms with Crippen LogP contribution in [0.15, 0.2) is 67.0 Å². The third-order valence-electron chi connectivity index (χ3n) is 7.39. The number of nitrogens with zero attached hydrogens (tertiary/aromatic N) is 2. The van der Waals surface area contributed by atoms with Crippen LogP contribution in [0.1, 0.15) is 47.3 Å². The maximum Gasteiger partial charge on any atom is 0.264 e. The molecule has 0 saturated carbocycles. The van der Waals surface area contributed by atoms with E-state index < -0.39 is 33.3 Å². The Labute approximate surface area is 259 Å². The summed E-state index contributed by atoms with van der Waals surface area (Å²) >= 11 is 0. The second-order valence-electron chi connectivity index (χ2n) is 11.3. The maximum absolute atomic E-state index is 14.9. The molecule has 0 aliphatic carbocycles. The molecule has 0 aliphatic rings. The second-order valence-corrected chi connectivity index (χ2v) is 13.0. The lowest BCUT2D eigenvalue weighted by Crippen LogP contribution is -2.19. The highest BCUT2D eigenvalue weighted by atomic mass is 32.2. The van der Waals surface area contributed by atoms with Crippen molar-refractivity contribution in [2.75, 3.05) is 18.2 Å². The zero-order chi connectivity index (χ0) is 32.5. The van der Waals surface area contributed by atoms with E-state index in [4.69, 9.17) is 4.18 Å². The summed E-state index contributed by atoms with van der Waals surface area (Å²) in [6, 6.07) is 15.9. The van der Waals surface area contributed by atoms with Crippen LogP contribution < -0.4 is 5.32 Å². The van der Waals surface area contributed by atoms with E-state index in [1.54, 1.807) is 6.92 Å². The molecule has 2 aromatic heterocycles. The van der Waals surface area contributed by atoms with Crippen LogP contribution in [0.5, 0.6) is 0 Å². The van der Waals surface area contributed by atoms with Crippen LogP contribution in [0.2, 0.25) is 0 Å². The second kappa shape index (κ2) is 12.5. The van der Waals surface area contributed by atoms with E-state index in [0.717, 1.165) is 35.2 Å². The number of carbonyl (C=O) groups is 1. The molecule has 5 rings (SSSR count). The number of hydrogen-bond acceptors (Lipinski definition) is 7. The number of halogens is 2. The third-order valence-corrected chi connectivity index (χ3v) is 7.99. The summed E-state index contributed by atoms with van der Waals surface area (Å²) in [5.74, 6) is -2.20. The van der Waals surface area contributed by atoms with Crippen LogP contribution in [0.3, 0.4) is 0 Å². The first-order chi connectivity index (χ1) is 21.2. The average molecular weight is 635 g/mol. The van der Waals surface area contributed by atoms with Gasteiger partial charge in [-0.25, -0.2) is 18.7 Å². The van der Waals surface area contributed by atoms with Crippen LogP contribution in [0.4, 0.5) is 14.5 Å². The van der Waals surface area contributed by atoms with Gasteiger partial charge in [0.2, 0.25) is 0 Å². The largest absolute Gasteiger partial charge is 0.386 e. The molecule has 0 unspecified atom stereocenters. The molecular weight excluding hydrogens is 602 g/mol. The molecule has 3 aromatic carbocycles. The molecule has 0 spiro atoms. The quantitative estimate of drug-likeness (QED) is 0.122. The molecular formula is C33H32F2N4O5S. The van der Waals surface area contributed by atoms with Crippen molar-refractivity contribution in [1.82, 2.24) is 15.0 Å². The van der Waals surface area contributed by atoms with Crippen molar-refractivity contribution in [2.45, 2.75) is 39.2 Å². The fourth-order valence-corrected chi connectivity index (χ4v) is 5.39. The Balaban J connectivity index is 1.40. The van der Waals surface area contributed by atoms with E-state index in [2.05, 4.69) is 20.3 Å². The summed E-state index contributed by atoms with van der Waals surface area (Å²) in [5.41, 5.74) is 3.49. The number of benzene rings is 3. The molecule has 1 amide bonds. The van der Waals surface area contributed by atoms with Gasteiger partial charge in [-0.1, -0.05) is 30.3 Å². The lowest BCUT2D eigenvalue weighted by atomic mass is 9.96. The molecule has 0 atom stereocenters. The fraction of sp³-hybridized carbons (Fsp3) is 0.242. The number of anilines is 1. The topological polar surface area (TPSA) is 134 Å². The normalized spacial score (nSPS) is 12.1. The van der Waals surface area contributed by atoms with Crippen molar-refractivity contribution in [2.24, 2.45) is 0 Å². The monoisotopic (exact) mass is 634 g/mol. The lowest BCUT2D eigenvalue weighted by molar-refractivity contribution is 0.0780. The van der Waals surface area contributed by atoms with Crippen LogP contribution in [-0.4, -0.2) is 47.2 Å². The first-order valence-corrected chi connectivity index (χ1v) is 15.9. The predicted molar refractivity (Wildman–Crippen MR) is 168 cm³/mol. The summed E-state index contributed by atoms with van der Waals surface area (Å²) in [5, 5.41) is 13.4. The SMILES string of the molecule is Cc1c(NC(=O)c2ccc(C(C)(C)O)cc2F)cc(F)cc1-c1ncnc2[nH]c(-c3ccc(CCCOS(C)(=O)=O)cc3)cc12. The van der Waals surface area contributed by atoms with Crippen molar-refractivity contribution < 1.29 is 31.3 Å². The summed E-state index contributed by atoms with van der Waals surface area (Å²) < 4.78 is 56.8. The number of aryl methyl sites for hydroxylation is 1. The Hall–Kier alpha value is -4.52. The van der Waals surface area contributed by atoms with Crippen LogP contribution in [0, 0.1) is 18.6 Å². The highest BCUT2D eigenvalue weighted by Crippen LogP contribution is 2.35. The lowest BCUT2D eigenvalue weighted by Gasteiger charge is -2.18. The molecule has 3 N–H and O–H groups in total. The first kappa shape index (κ1) is 31.9. The first-order valence-electron chi connectivity index (χ1n) is 14.1. The van der Waals surface area contributed by atoms with Crippen molar-refractivity contribution in [1.29, 1.82) is 0 Å². The number of aliphatic hydroxyl groups is 1. The summed E-state index contributed by atoms with van der Waals surface area (Å²) in [6.07, 6.45) is 3.58. The van der Waals surface area contributed by atoms with E-state index >= 15 is 0 Å². The van der Waals surface area contributed by atoms with Gasteiger partial charge in [-0.3, -0.25) is 8.98 Å². The minimum absolute atomic E-state index is 0.113. The van der Waals surface area contributed by atoms with E-state index in [9.17, 15) is 27.1 Å². The van der Waals surface area contributed by atoms with Gasteiger partial charge in [-0.15, -0.1) is 0 Å². The van der Waals surface area contributed by atoms with Crippen molar-refractivity contribution in [3.63, 3.8) is 0 Å². The number of carbonyl (C=O) groups excluding carboxylic acids is 1. The Morgan fingerprint density at radius 2 is 1.78 bits per heavy atom. The van der Waals surface area contributed by atoms with Gasteiger partial charge in [0, 0.05) is 22.3 Å². The van der Waals surface area contributed by atoms with Gasteiger partial charge in [0.05, 0.1) is 29.7 Å². The predicted octanol–water partition coefficient (Wildman–Crippen LogP) is 6.27. The number of amides is 1. The molecule has 234 valence electrons. The minimum atomic E-state index is -3.46. The van der Waals surface area contributed by atoms with Gasteiger partial charge >= 0.3 is 0 Å². The zero-order valence-electron chi connectivity index (χ0n) is 25.1. The number of H-pyrrole nitrogens is 1. The molecule has 45 heavy (non-hydrogen) atoms. The van der Waals surface area contributed by atoms with Gasteiger partial charge in [-0.2, -0.15) is 8.42 Å². The number of aromatic nitrogens is 3. The molecule has 0 saturated heterocycles. The fourth-order valence-electron chi connectivity index (χ4n) is 4.97. The molecule has 9 nitrogen and oxygen atoms in total. The maximum atomic E-state index is 14.9. The summed E-state index contributed by atoms with van der Waals surface area (Å²) in [7, 11) is -3.46. The van der Waals surface area contributed by atoms with Crippen LogP contribution in [-0.2, 0) is 26.3 Å².